The van der Waals surface area contributed by atoms with Crippen LogP contribution in [0.1, 0.15) is 0 Å². The second kappa shape index (κ2) is 13.7. The quantitative estimate of drug-likeness (QED) is 0.143. The van der Waals surface area contributed by atoms with E-state index in [1.165, 1.54) is 0 Å². The van der Waals surface area contributed by atoms with Gasteiger partial charge in [-0.1, -0.05) is 169 Å². The van der Waals surface area contributed by atoms with Gasteiger partial charge in [0.2, 0.25) is 0 Å². The lowest BCUT2D eigenvalue weighted by Gasteiger charge is -2.15. The number of benzene rings is 4. The highest BCUT2D eigenvalue weighted by atomic mass is 32.2. The molecule has 42 heavy (non-hydrogen) atoms. The Morgan fingerprint density at radius 1 is 0.286 bits per heavy atom. The van der Waals surface area contributed by atoms with Crippen LogP contribution in [0.4, 0.5) is 0 Å². The van der Waals surface area contributed by atoms with Gasteiger partial charge < -0.3 is 0 Å². The first-order chi connectivity index (χ1) is 20.5. The molecule has 0 nitrogen and oxygen atoms in total. The van der Waals surface area contributed by atoms with Crippen LogP contribution < -0.4 is 0 Å². The fourth-order valence-corrected chi connectivity index (χ4v) is 10.6. The van der Waals surface area contributed by atoms with Crippen molar-refractivity contribution in [3.05, 3.63) is 150 Å². The van der Waals surface area contributed by atoms with E-state index >= 15 is 0 Å². The molecule has 0 spiro atoms. The smallest absolute Gasteiger partial charge is 0.0622 e. The first kappa shape index (κ1) is 29.9. The fourth-order valence-electron chi connectivity index (χ4n) is 4.32. The van der Waals surface area contributed by atoms with Crippen molar-refractivity contribution in [2.45, 2.75) is 39.2 Å². The van der Waals surface area contributed by atoms with Crippen LogP contribution in [0.3, 0.4) is 0 Å². The van der Waals surface area contributed by atoms with E-state index < -0.39 is 0 Å². The third kappa shape index (κ3) is 6.37. The summed E-state index contributed by atoms with van der Waals surface area (Å²) in [5.74, 6) is 0. The molecule has 0 fully saturated rings. The Morgan fingerprint density at radius 3 is 0.667 bits per heavy atom. The SMILES string of the molecule is S=c1c(Sc2ccccc2)c(Sc2ccccc2)c(=S)c2c(=S)c(Sc3ccccc3)c(Sc3ccccc3)c(=S)c1=2. The Morgan fingerprint density at radius 2 is 0.476 bits per heavy atom. The molecule has 2 aliphatic rings. The van der Waals surface area contributed by atoms with E-state index in [-0.39, 0.29) is 0 Å². The lowest BCUT2D eigenvalue weighted by molar-refractivity contribution is 1.09. The summed E-state index contributed by atoms with van der Waals surface area (Å²) < 4.78 is 2.81. The van der Waals surface area contributed by atoms with Gasteiger partial charge in [-0.15, -0.1) is 0 Å². The van der Waals surface area contributed by atoms with Crippen molar-refractivity contribution < 1.29 is 0 Å². The minimum absolute atomic E-state index is 0.702. The average Bonchev–Trinajstić information content (AvgIpc) is 3.03. The standard InChI is InChI=1S/C34H20S8/c35-27-25-26(28(36)32(40-22-15-7-2-8-16-22)31(27)39-21-13-5-1-6-14-21)30(38)34(42-24-19-11-4-12-20-24)33(29(25)37)41-23-17-9-3-10-18-23/h1-20H. The Hall–Kier alpha value is -2.14. The zero-order valence-corrected chi connectivity index (χ0v) is 28.3. The van der Waals surface area contributed by atoms with Crippen LogP contribution in [-0.2, 0) is 0 Å². The van der Waals surface area contributed by atoms with Gasteiger partial charge >= 0.3 is 0 Å². The van der Waals surface area contributed by atoms with Gasteiger partial charge in [0.1, 0.15) is 0 Å². The Bertz CT molecular complexity index is 1830. The molecular formula is C34H20S8. The summed E-state index contributed by atoms with van der Waals surface area (Å²) in [6.07, 6.45) is 0. The Kier molecular flexibility index (Phi) is 9.73. The molecule has 0 aliphatic heterocycles. The van der Waals surface area contributed by atoms with Crippen molar-refractivity contribution in [1.82, 2.24) is 0 Å². The number of rotatable bonds is 8. The monoisotopic (exact) mass is 684 g/mol. The topological polar surface area (TPSA) is 0 Å². The first-order valence-electron chi connectivity index (χ1n) is 12.8. The summed E-state index contributed by atoms with van der Waals surface area (Å²) in [5, 5.41) is 1.61. The minimum Gasteiger partial charge on any atom is -0.0873 e. The predicted octanol–water partition coefficient (Wildman–Crippen LogP) is 12.8. The van der Waals surface area contributed by atoms with E-state index in [1.807, 2.05) is 72.8 Å². The molecule has 0 aromatic heterocycles. The number of hydrogen-bond acceptors (Lipinski definition) is 8. The molecule has 0 unspecified atom stereocenters. The highest BCUT2D eigenvalue weighted by molar-refractivity contribution is 8.03. The second-order valence-corrected chi connectivity index (χ2v) is 15.0. The molecule has 6 rings (SSSR count). The zero-order valence-electron chi connectivity index (χ0n) is 21.8. The van der Waals surface area contributed by atoms with Gasteiger partial charge in [0.25, 0.3) is 0 Å². The normalized spacial score (nSPS) is 11.1. The van der Waals surface area contributed by atoms with Crippen LogP contribution in [0.15, 0.2) is 160 Å². The van der Waals surface area contributed by atoms with E-state index in [2.05, 4.69) is 48.5 Å². The van der Waals surface area contributed by atoms with E-state index in [0.717, 1.165) is 49.6 Å². The highest BCUT2D eigenvalue weighted by Crippen LogP contribution is 2.45. The van der Waals surface area contributed by atoms with Crippen LogP contribution >= 0.6 is 95.9 Å². The van der Waals surface area contributed by atoms with Gasteiger partial charge in [0.15, 0.2) is 0 Å². The molecule has 0 amide bonds. The van der Waals surface area contributed by atoms with Crippen LogP contribution in [0.2, 0.25) is 0 Å². The molecule has 0 saturated carbocycles. The Labute approximate surface area is 282 Å². The van der Waals surface area contributed by atoms with Crippen molar-refractivity contribution in [3.8, 4) is 0 Å². The van der Waals surface area contributed by atoms with E-state index in [9.17, 15) is 0 Å². The minimum atomic E-state index is 0.702. The average molecular weight is 685 g/mol. The van der Waals surface area contributed by atoms with Crippen molar-refractivity contribution >= 4 is 95.9 Å². The molecule has 0 heterocycles. The highest BCUT2D eigenvalue weighted by Gasteiger charge is 2.20. The summed E-state index contributed by atoms with van der Waals surface area (Å²) in [5.41, 5.74) is 0. The summed E-state index contributed by atoms with van der Waals surface area (Å²) in [6, 6.07) is 41.1. The van der Waals surface area contributed by atoms with Gasteiger partial charge in [-0.25, -0.2) is 0 Å². The predicted molar refractivity (Wildman–Crippen MR) is 190 cm³/mol. The van der Waals surface area contributed by atoms with Gasteiger partial charge in [-0.05, 0) is 48.5 Å². The van der Waals surface area contributed by atoms with Crippen LogP contribution in [0, 0.1) is 28.5 Å². The van der Waals surface area contributed by atoms with Crippen LogP contribution in [-0.4, -0.2) is 0 Å². The third-order valence-electron chi connectivity index (χ3n) is 6.25. The molecule has 4 aromatic carbocycles. The summed E-state index contributed by atoms with van der Waals surface area (Å²) >= 11 is 31.7. The van der Waals surface area contributed by atoms with Crippen molar-refractivity contribution in [2.24, 2.45) is 0 Å². The molecule has 0 bridgehead atoms. The molecule has 0 radical (unpaired) electrons. The largest absolute Gasteiger partial charge is 0.0873 e. The van der Waals surface area contributed by atoms with Gasteiger partial charge in [-0.3, -0.25) is 0 Å². The molecule has 2 aliphatic carbocycles. The number of hydrogen-bond donors (Lipinski definition) is 0. The van der Waals surface area contributed by atoms with Crippen molar-refractivity contribution in [1.29, 1.82) is 0 Å². The van der Waals surface area contributed by atoms with Gasteiger partial charge in [0, 0.05) is 49.6 Å². The molecule has 8 heteroatoms. The van der Waals surface area contributed by atoms with Gasteiger partial charge in [0.05, 0.1) is 18.0 Å². The second-order valence-electron chi connectivity index (χ2n) is 9.04. The third-order valence-corrected chi connectivity index (χ3v) is 13.1. The van der Waals surface area contributed by atoms with Crippen molar-refractivity contribution in [2.75, 3.05) is 0 Å². The lowest BCUT2D eigenvalue weighted by Crippen LogP contribution is -1.95. The van der Waals surface area contributed by atoms with Gasteiger partial charge in [-0.2, -0.15) is 0 Å². The summed E-state index contributed by atoms with van der Waals surface area (Å²) in [4.78, 5) is 8.14. The summed E-state index contributed by atoms with van der Waals surface area (Å²) in [7, 11) is 0. The summed E-state index contributed by atoms with van der Waals surface area (Å²) in [6.45, 7) is 0. The van der Waals surface area contributed by atoms with Crippen LogP contribution in [0.5, 0.6) is 0 Å². The van der Waals surface area contributed by atoms with Crippen LogP contribution in [0.25, 0.3) is 0 Å². The molecule has 4 aromatic rings. The maximum Gasteiger partial charge on any atom is 0.0622 e. The van der Waals surface area contributed by atoms with E-state index in [0.29, 0.717) is 18.0 Å². The van der Waals surface area contributed by atoms with E-state index in [4.69, 9.17) is 48.9 Å². The lowest BCUT2D eigenvalue weighted by atomic mass is 10.2. The van der Waals surface area contributed by atoms with E-state index in [1.54, 1.807) is 47.0 Å². The molecular weight excluding hydrogens is 665 g/mol. The Balaban J connectivity index is 1.68. The maximum absolute atomic E-state index is 6.29. The van der Waals surface area contributed by atoms with Crippen molar-refractivity contribution in [3.63, 3.8) is 0 Å². The zero-order chi connectivity index (χ0) is 29.1. The molecule has 0 saturated heterocycles. The fraction of sp³-hybridized carbons (Fsp3) is 0. The maximum atomic E-state index is 6.29. The molecule has 0 atom stereocenters. The molecule has 0 N–H and O–H groups in total. The molecule has 204 valence electrons. The first-order valence-corrected chi connectivity index (χ1v) is 17.7.